The molecule has 2 heterocycles. The van der Waals surface area contributed by atoms with E-state index in [1.54, 1.807) is 25.1 Å². The number of benzene rings is 2. The molecule has 0 radical (unpaired) electrons. The quantitative estimate of drug-likeness (QED) is 0.263. The summed E-state index contributed by atoms with van der Waals surface area (Å²) in [6.45, 7) is 8.64. The molecule has 2 aromatic carbocycles. The Labute approximate surface area is 186 Å². The molecule has 4 aromatic rings. The van der Waals surface area contributed by atoms with Crippen LogP contribution >= 0.6 is 11.8 Å². The van der Waals surface area contributed by atoms with Gasteiger partial charge in [-0.3, -0.25) is 4.57 Å². The SMILES string of the molecule is C=CCn1c(SCc2coc(-c3ccc(C)cc3C)n2)nnc1-c1ccc(OC)cc1. The van der Waals surface area contributed by atoms with E-state index in [9.17, 15) is 0 Å². The van der Waals surface area contributed by atoms with Crippen LogP contribution in [0.1, 0.15) is 16.8 Å². The minimum absolute atomic E-state index is 0.614. The lowest BCUT2D eigenvalue weighted by molar-refractivity contribution is 0.415. The van der Waals surface area contributed by atoms with Crippen molar-refractivity contribution in [1.29, 1.82) is 0 Å². The van der Waals surface area contributed by atoms with Gasteiger partial charge in [0.15, 0.2) is 11.0 Å². The molecule has 0 saturated heterocycles. The van der Waals surface area contributed by atoms with E-state index in [-0.39, 0.29) is 0 Å². The molecule has 0 bridgehead atoms. The number of methoxy groups -OCH3 is 1. The van der Waals surface area contributed by atoms with Crippen LogP contribution < -0.4 is 4.74 Å². The fourth-order valence-corrected chi connectivity index (χ4v) is 4.16. The third-order valence-electron chi connectivity index (χ3n) is 4.89. The molecule has 6 nitrogen and oxygen atoms in total. The van der Waals surface area contributed by atoms with E-state index in [4.69, 9.17) is 9.15 Å². The number of thioether (sulfide) groups is 1. The van der Waals surface area contributed by atoms with Gasteiger partial charge in [0, 0.05) is 23.4 Å². The van der Waals surface area contributed by atoms with Gasteiger partial charge in [-0.25, -0.2) is 4.98 Å². The maximum atomic E-state index is 5.74. The Balaban J connectivity index is 1.53. The van der Waals surface area contributed by atoms with Crippen molar-refractivity contribution in [2.75, 3.05) is 7.11 Å². The van der Waals surface area contributed by atoms with Gasteiger partial charge in [-0.1, -0.05) is 35.5 Å². The molecule has 0 aliphatic rings. The molecular formula is C24H24N4O2S. The molecule has 0 saturated carbocycles. The Morgan fingerprint density at radius 1 is 1.13 bits per heavy atom. The van der Waals surface area contributed by atoms with Crippen molar-refractivity contribution in [3.8, 4) is 28.6 Å². The molecule has 31 heavy (non-hydrogen) atoms. The van der Waals surface area contributed by atoms with Gasteiger partial charge in [-0.15, -0.1) is 16.8 Å². The number of aryl methyl sites for hydroxylation is 2. The maximum absolute atomic E-state index is 5.74. The third kappa shape index (κ3) is 4.56. The first-order valence-corrected chi connectivity index (χ1v) is 10.9. The fraction of sp³-hybridized carbons (Fsp3) is 0.208. The number of nitrogens with zero attached hydrogens (tertiary/aromatic N) is 4. The van der Waals surface area contributed by atoms with Crippen LogP contribution in [0.25, 0.3) is 22.8 Å². The first kappa shape index (κ1) is 20.9. The second-order valence-electron chi connectivity index (χ2n) is 7.19. The van der Waals surface area contributed by atoms with Crippen molar-refractivity contribution in [2.24, 2.45) is 0 Å². The third-order valence-corrected chi connectivity index (χ3v) is 5.89. The second-order valence-corrected chi connectivity index (χ2v) is 8.13. The van der Waals surface area contributed by atoms with Crippen LogP contribution in [0.4, 0.5) is 0 Å². The minimum atomic E-state index is 0.614. The van der Waals surface area contributed by atoms with Crippen LogP contribution in [0.15, 0.2) is 71.0 Å². The van der Waals surface area contributed by atoms with E-state index in [1.165, 1.54) is 5.56 Å². The van der Waals surface area contributed by atoms with Gasteiger partial charge in [-0.2, -0.15) is 0 Å². The second kappa shape index (κ2) is 9.22. The molecule has 0 atom stereocenters. The van der Waals surface area contributed by atoms with Crippen LogP contribution in [0.3, 0.4) is 0 Å². The van der Waals surface area contributed by atoms with Gasteiger partial charge in [0.25, 0.3) is 0 Å². The van der Waals surface area contributed by atoms with E-state index in [2.05, 4.69) is 53.8 Å². The first-order valence-electron chi connectivity index (χ1n) is 9.92. The zero-order valence-corrected chi connectivity index (χ0v) is 18.6. The number of rotatable bonds is 8. The summed E-state index contributed by atoms with van der Waals surface area (Å²) >= 11 is 1.57. The van der Waals surface area contributed by atoms with Crippen LogP contribution in [0.2, 0.25) is 0 Å². The molecule has 0 N–H and O–H groups in total. The average molecular weight is 433 g/mol. The van der Waals surface area contributed by atoms with Crippen LogP contribution in [0, 0.1) is 13.8 Å². The molecule has 0 fully saturated rings. The summed E-state index contributed by atoms with van der Waals surface area (Å²) in [5, 5.41) is 9.61. The highest BCUT2D eigenvalue weighted by atomic mass is 32.2. The molecule has 0 aliphatic carbocycles. The van der Waals surface area contributed by atoms with E-state index >= 15 is 0 Å². The molecule has 4 rings (SSSR count). The summed E-state index contributed by atoms with van der Waals surface area (Å²) in [6.07, 6.45) is 3.55. The summed E-state index contributed by atoms with van der Waals surface area (Å²) in [5.41, 5.74) is 5.21. The molecule has 0 aliphatic heterocycles. The van der Waals surface area contributed by atoms with Crippen molar-refractivity contribution in [2.45, 2.75) is 31.3 Å². The number of allylic oxidation sites excluding steroid dienone is 1. The van der Waals surface area contributed by atoms with E-state index in [0.29, 0.717) is 18.2 Å². The van der Waals surface area contributed by atoms with Crippen LogP contribution in [-0.2, 0) is 12.3 Å². The van der Waals surface area contributed by atoms with Crippen LogP contribution in [0.5, 0.6) is 5.75 Å². The highest BCUT2D eigenvalue weighted by molar-refractivity contribution is 7.98. The maximum Gasteiger partial charge on any atom is 0.226 e. The smallest absolute Gasteiger partial charge is 0.226 e. The topological polar surface area (TPSA) is 66.0 Å². The molecule has 0 amide bonds. The van der Waals surface area contributed by atoms with Gasteiger partial charge >= 0.3 is 0 Å². The summed E-state index contributed by atoms with van der Waals surface area (Å²) in [6, 6.07) is 14.0. The summed E-state index contributed by atoms with van der Waals surface area (Å²) < 4.78 is 13.0. The summed E-state index contributed by atoms with van der Waals surface area (Å²) in [5.74, 6) is 2.87. The van der Waals surface area contributed by atoms with Gasteiger partial charge in [-0.05, 0) is 49.7 Å². The van der Waals surface area contributed by atoms with Gasteiger partial charge in [0.05, 0.1) is 12.8 Å². The van der Waals surface area contributed by atoms with Crippen molar-refractivity contribution < 1.29 is 9.15 Å². The zero-order valence-electron chi connectivity index (χ0n) is 17.8. The summed E-state index contributed by atoms with van der Waals surface area (Å²) in [4.78, 5) is 4.67. The molecule has 158 valence electrons. The van der Waals surface area contributed by atoms with Gasteiger partial charge in [0.1, 0.15) is 12.0 Å². The predicted octanol–water partition coefficient (Wildman–Crippen LogP) is 5.70. The highest BCUT2D eigenvalue weighted by Gasteiger charge is 2.15. The highest BCUT2D eigenvalue weighted by Crippen LogP contribution is 2.29. The lowest BCUT2D eigenvalue weighted by Gasteiger charge is -2.08. The van der Waals surface area contributed by atoms with Gasteiger partial charge < -0.3 is 9.15 Å². The number of hydrogen-bond acceptors (Lipinski definition) is 6. The van der Waals surface area contributed by atoms with E-state index < -0.39 is 0 Å². The van der Waals surface area contributed by atoms with Crippen molar-refractivity contribution in [3.63, 3.8) is 0 Å². The van der Waals surface area contributed by atoms with E-state index in [0.717, 1.165) is 39.1 Å². The lowest BCUT2D eigenvalue weighted by atomic mass is 10.1. The van der Waals surface area contributed by atoms with Crippen molar-refractivity contribution in [3.05, 3.63) is 78.2 Å². The average Bonchev–Trinajstić information content (AvgIpc) is 3.40. The van der Waals surface area contributed by atoms with Gasteiger partial charge in [0.2, 0.25) is 5.89 Å². The van der Waals surface area contributed by atoms with E-state index in [1.807, 2.05) is 34.9 Å². The molecule has 2 aromatic heterocycles. The molecular weight excluding hydrogens is 408 g/mol. The number of hydrogen-bond donors (Lipinski definition) is 0. The largest absolute Gasteiger partial charge is 0.497 e. The first-order chi connectivity index (χ1) is 15.1. The zero-order chi connectivity index (χ0) is 21.8. The molecule has 0 unspecified atom stereocenters. The number of ether oxygens (including phenoxy) is 1. The lowest BCUT2D eigenvalue weighted by Crippen LogP contribution is -2.00. The normalized spacial score (nSPS) is 10.9. The molecule has 7 heteroatoms. The standard InChI is InChI=1S/C24H24N4O2S/c1-5-12-28-22(18-7-9-20(29-4)10-8-18)26-27-24(28)31-15-19-14-30-23(25-19)21-11-6-16(2)13-17(21)3/h5-11,13-14H,1,12,15H2,2-4H3. The van der Waals surface area contributed by atoms with Crippen molar-refractivity contribution >= 4 is 11.8 Å². The molecule has 0 spiro atoms. The Kier molecular flexibility index (Phi) is 6.23. The Morgan fingerprint density at radius 3 is 2.65 bits per heavy atom. The van der Waals surface area contributed by atoms with Crippen molar-refractivity contribution in [1.82, 2.24) is 19.7 Å². The minimum Gasteiger partial charge on any atom is -0.497 e. The number of aromatic nitrogens is 4. The number of oxazole rings is 1. The Hall–Kier alpha value is -3.32. The Morgan fingerprint density at radius 2 is 1.94 bits per heavy atom. The fourth-order valence-electron chi connectivity index (χ4n) is 3.33. The monoisotopic (exact) mass is 432 g/mol. The summed E-state index contributed by atoms with van der Waals surface area (Å²) in [7, 11) is 1.65. The van der Waals surface area contributed by atoms with Crippen LogP contribution in [-0.4, -0.2) is 26.9 Å². The predicted molar refractivity (Wildman–Crippen MR) is 123 cm³/mol. The Bertz CT molecular complexity index is 1190.